The van der Waals surface area contributed by atoms with Crippen LogP contribution in [0.25, 0.3) is 10.9 Å². The number of benzene rings is 2. The predicted molar refractivity (Wildman–Crippen MR) is 121 cm³/mol. The molecule has 7 heteroatoms. The summed E-state index contributed by atoms with van der Waals surface area (Å²) < 4.78 is 6.95. The topological polar surface area (TPSA) is 60.3 Å². The minimum Gasteiger partial charge on any atom is -0.495 e. The van der Waals surface area contributed by atoms with Gasteiger partial charge in [0.25, 0.3) is 5.91 Å². The molecule has 3 rings (SSSR count). The van der Waals surface area contributed by atoms with Gasteiger partial charge in [0.1, 0.15) is 5.75 Å². The van der Waals surface area contributed by atoms with Crippen LogP contribution in [0.1, 0.15) is 41.9 Å². The molecule has 0 saturated carbocycles. The van der Waals surface area contributed by atoms with Crippen LogP contribution in [0.4, 0.5) is 0 Å². The Kier molecular flexibility index (Phi) is 6.74. The molecule has 2 aromatic carbocycles. The van der Waals surface area contributed by atoms with Gasteiger partial charge in [0.05, 0.1) is 24.1 Å². The summed E-state index contributed by atoms with van der Waals surface area (Å²) in [6.07, 6.45) is 0.941. The maximum Gasteiger partial charge on any atom is 0.262 e. The molecule has 0 radical (unpaired) electrons. The van der Waals surface area contributed by atoms with Crippen LogP contribution in [-0.2, 0) is 11.2 Å². The fourth-order valence-corrected chi connectivity index (χ4v) is 3.94. The zero-order valence-corrected chi connectivity index (χ0v) is 18.9. The summed E-state index contributed by atoms with van der Waals surface area (Å²) in [6.45, 7) is 5.78. The van der Waals surface area contributed by atoms with Crippen molar-refractivity contribution in [2.45, 2.75) is 39.7 Å². The summed E-state index contributed by atoms with van der Waals surface area (Å²) in [5, 5.41) is 4.55. The van der Waals surface area contributed by atoms with E-state index >= 15 is 0 Å². The van der Waals surface area contributed by atoms with Gasteiger partial charge in [-0.2, -0.15) is 0 Å². The highest BCUT2D eigenvalue weighted by Gasteiger charge is 2.24. The third kappa shape index (κ3) is 4.18. The quantitative estimate of drug-likeness (QED) is 0.550. The molecule has 1 heterocycles. The Morgan fingerprint density at radius 1 is 1.13 bits per heavy atom. The van der Waals surface area contributed by atoms with Gasteiger partial charge in [-0.3, -0.25) is 14.2 Å². The molecule has 0 aliphatic rings. The minimum absolute atomic E-state index is 0.0619. The van der Waals surface area contributed by atoms with Crippen molar-refractivity contribution in [2.24, 2.45) is 0 Å². The number of carbonyl (C=O) groups is 2. The van der Waals surface area contributed by atoms with Gasteiger partial charge in [-0.25, -0.2) is 0 Å². The van der Waals surface area contributed by atoms with Crippen LogP contribution in [0.3, 0.4) is 0 Å². The van der Waals surface area contributed by atoms with E-state index in [-0.39, 0.29) is 24.3 Å². The molecule has 0 bridgehead atoms. The molecule has 1 atom stereocenters. The number of halogens is 2. The van der Waals surface area contributed by atoms with Crippen molar-refractivity contribution in [2.75, 3.05) is 7.11 Å². The zero-order valence-electron chi connectivity index (χ0n) is 17.4. The number of fused-ring (bicyclic) bond motifs is 1. The number of hydrogen-bond donors (Lipinski definition) is 1. The van der Waals surface area contributed by atoms with Crippen molar-refractivity contribution < 1.29 is 14.3 Å². The van der Waals surface area contributed by atoms with Crippen LogP contribution in [0, 0.1) is 6.92 Å². The summed E-state index contributed by atoms with van der Waals surface area (Å²) in [7, 11) is 1.53. The molecule has 0 aliphatic heterocycles. The second-order valence-electron chi connectivity index (χ2n) is 7.24. The second-order valence-corrected chi connectivity index (χ2v) is 8.06. The number of methoxy groups -OCH3 is 1. The van der Waals surface area contributed by atoms with Crippen LogP contribution < -0.4 is 10.1 Å². The average Bonchev–Trinajstić information content (AvgIpc) is 3.00. The van der Waals surface area contributed by atoms with E-state index in [0.29, 0.717) is 43.5 Å². The number of aromatic nitrogens is 1. The van der Waals surface area contributed by atoms with Gasteiger partial charge in [-0.1, -0.05) is 30.1 Å². The zero-order chi connectivity index (χ0) is 22.0. The van der Waals surface area contributed by atoms with Gasteiger partial charge < -0.3 is 10.1 Å². The normalized spacial score (nSPS) is 12.1. The fourth-order valence-electron chi connectivity index (χ4n) is 3.46. The van der Waals surface area contributed by atoms with Crippen LogP contribution in [0.15, 0.2) is 36.4 Å². The van der Waals surface area contributed by atoms with Gasteiger partial charge in [-0.15, -0.1) is 0 Å². The average molecular weight is 447 g/mol. The monoisotopic (exact) mass is 446 g/mol. The van der Waals surface area contributed by atoms with Gasteiger partial charge in [0.15, 0.2) is 0 Å². The predicted octanol–water partition coefficient (Wildman–Crippen LogP) is 5.41. The lowest BCUT2D eigenvalue weighted by atomic mass is 10.1. The molecule has 30 heavy (non-hydrogen) atoms. The molecule has 0 spiro atoms. The Labute approximate surface area is 185 Å². The standard InChI is InChI=1S/C23H24Cl2N2O3/c1-5-13(2)26-20(28)12-17-14(3)27(23(29)15-6-8-16(24)9-7-15)18-10-11-19(30-4)22(25)21(17)18/h6-11,13H,5,12H2,1-4H3,(H,26,28). The van der Waals surface area contributed by atoms with E-state index in [4.69, 9.17) is 27.9 Å². The summed E-state index contributed by atoms with van der Waals surface area (Å²) in [4.78, 5) is 26.0. The van der Waals surface area contributed by atoms with E-state index < -0.39 is 0 Å². The lowest BCUT2D eigenvalue weighted by molar-refractivity contribution is -0.121. The molecule has 3 aromatic rings. The highest BCUT2D eigenvalue weighted by Crippen LogP contribution is 2.38. The lowest BCUT2D eigenvalue weighted by Gasteiger charge is -2.12. The highest BCUT2D eigenvalue weighted by atomic mass is 35.5. The Bertz CT molecular complexity index is 1100. The van der Waals surface area contributed by atoms with Crippen molar-refractivity contribution in [1.82, 2.24) is 9.88 Å². The molecule has 1 aromatic heterocycles. The van der Waals surface area contributed by atoms with E-state index in [1.807, 2.05) is 20.8 Å². The summed E-state index contributed by atoms with van der Waals surface area (Å²) >= 11 is 12.6. The molecular formula is C23H24Cl2N2O3. The number of carbonyl (C=O) groups excluding carboxylic acids is 2. The third-order valence-electron chi connectivity index (χ3n) is 5.27. The van der Waals surface area contributed by atoms with Crippen LogP contribution in [0.5, 0.6) is 5.75 Å². The SMILES string of the molecule is CCC(C)NC(=O)Cc1c(C)n(C(=O)c2ccc(Cl)cc2)c2ccc(OC)c(Cl)c12. The number of hydrogen-bond acceptors (Lipinski definition) is 3. The van der Waals surface area contributed by atoms with E-state index in [1.54, 1.807) is 41.0 Å². The van der Waals surface area contributed by atoms with Crippen molar-refractivity contribution >= 4 is 45.9 Å². The Morgan fingerprint density at radius 2 is 1.80 bits per heavy atom. The number of rotatable bonds is 6. The number of nitrogens with zero attached hydrogens (tertiary/aromatic N) is 1. The van der Waals surface area contributed by atoms with Gasteiger partial charge >= 0.3 is 0 Å². The first-order chi connectivity index (χ1) is 14.3. The van der Waals surface area contributed by atoms with Crippen molar-refractivity contribution in [1.29, 1.82) is 0 Å². The molecule has 1 amide bonds. The molecule has 0 fully saturated rings. The Balaban J connectivity index is 2.17. The number of amides is 1. The molecule has 0 saturated heterocycles. The first-order valence-electron chi connectivity index (χ1n) is 9.74. The van der Waals surface area contributed by atoms with Crippen molar-refractivity contribution in [3.8, 4) is 5.75 Å². The van der Waals surface area contributed by atoms with Crippen molar-refractivity contribution in [3.05, 3.63) is 63.3 Å². The molecule has 5 nitrogen and oxygen atoms in total. The number of nitrogens with one attached hydrogen (secondary N) is 1. The van der Waals surface area contributed by atoms with Crippen LogP contribution >= 0.6 is 23.2 Å². The Hall–Kier alpha value is -2.50. The van der Waals surface area contributed by atoms with Gasteiger partial charge in [0.2, 0.25) is 5.91 Å². The smallest absolute Gasteiger partial charge is 0.262 e. The molecule has 1 N–H and O–H groups in total. The Morgan fingerprint density at radius 3 is 2.40 bits per heavy atom. The second kappa shape index (κ2) is 9.11. The molecule has 1 unspecified atom stereocenters. The molecule has 0 aliphatic carbocycles. The van der Waals surface area contributed by atoms with Crippen molar-refractivity contribution in [3.63, 3.8) is 0 Å². The first-order valence-corrected chi connectivity index (χ1v) is 10.5. The fraction of sp³-hybridized carbons (Fsp3) is 0.304. The van der Waals surface area contributed by atoms with Crippen LogP contribution in [0.2, 0.25) is 10.0 Å². The van der Waals surface area contributed by atoms with E-state index in [1.165, 1.54) is 7.11 Å². The molecular weight excluding hydrogens is 423 g/mol. The summed E-state index contributed by atoms with van der Waals surface area (Å²) in [5.41, 5.74) is 2.49. The third-order valence-corrected chi connectivity index (χ3v) is 5.90. The highest BCUT2D eigenvalue weighted by molar-refractivity contribution is 6.37. The summed E-state index contributed by atoms with van der Waals surface area (Å²) in [6, 6.07) is 10.3. The van der Waals surface area contributed by atoms with E-state index in [0.717, 1.165) is 6.42 Å². The maximum absolute atomic E-state index is 13.3. The van der Waals surface area contributed by atoms with Crippen LogP contribution in [-0.4, -0.2) is 29.5 Å². The largest absolute Gasteiger partial charge is 0.495 e. The minimum atomic E-state index is -0.219. The number of ether oxygens (including phenoxy) is 1. The van der Waals surface area contributed by atoms with E-state index in [9.17, 15) is 9.59 Å². The maximum atomic E-state index is 13.3. The van der Waals surface area contributed by atoms with Gasteiger partial charge in [0, 0.05) is 27.7 Å². The lowest BCUT2D eigenvalue weighted by Crippen LogP contribution is -2.33. The molecule has 158 valence electrons. The summed E-state index contributed by atoms with van der Waals surface area (Å²) in [5.74, 6) is 0.150. The van der Waals surface area contributed by atoms with Gasteiger partial charge in [-0.05, 0) is 62.2 Å². The first kappa shape index (κ1) is 22.2. The van der Waals surface area contributed by atoms with E-state index in [2.05, 4.69) is 5.32 Å².